The molecule has 3 heteroatoms. The topological polar surface area (TPSA) is 40.5 Å². The van der Waals surface area contributed by atoms with Crippen molar-refractivity contribution >= 4 is 5.97 Å². The Morgan fingerprint density at radius 3 is 2.00 bits per heavy atom. The number of carboxylic acid groups (broad SMARTS) is 1. The highest BCUT2D eigenvalue weighted by atomic mass is 16.4. The summed E-state index contributed by atoms with van der Waals surface area (Å²) in [5.74, 6) is -0.701. The number of nitrogens with zero attached hydrogens (tertiary/aromatic N) is 1. The van der Waals surface area contributed by atoms with Gasteiger partial charge in [0, 0.05) is 6.54 Å². The normalized spacial score (nSPS) is 11.0. The van der Waals surface area contributed by atoms with Crippen LogP contribution in [0, 0.1) is 0 Å². The Labute approximate surface area is 106 Å². The van der Waals surface area contributed by atoms with Crippen molar-refractivity contribution in [2.45, 2.75) is 64.7 Å². The molecule has 0 aliphatic heterocycles. The zero-order valence-electron chi connectivity index (χ0n) is 11.6. The van der Waals surface area contributed by atoms with Crippen LogP contribution in [0.1, 0.15) is 64.7 Å². The first-order valence-electron chi connectivity index (χ1n) is 7.07. The zero-order valence-corrected chi connectivity index (χ0v) is 11.6. The first-order valence-corrected chi connectivity index (χ1v) is 7.07. The fraction of sp³-hybridized carbons (Fsp3) is 0.929. The van der Waals surface area contributed by atoms with Crippen LogP contribution in [0.15, 0.2) is 0 Å². The number of hydrogen-bond donors (Lipinski definition) is 1. The van der Waals surface area contributed by atoms with Gasteiger partial charge in [0.2, 0.25) is 0 Å². The maximum absolute atomic E-state index is 10.4. The maximum Gasteiger partial charge on any atom is 0.304 e. The molecule has 0 aromatic heterocycles. The van der Waals surface area contributed by atoms with E-state index in [1.807, 2.05) is 7.05 Å². The average molecular weight is 243 g/mol. The number of aliphatic carboxylic acids is 1. The van der Waals surface area contributed by atoms with Crippen molar-refractivity contribution < 1.29 is 9.90 Å². The van der Waals surface area contributed by atoms with Crippen molar-refractivity contribution in [2.24, 2.45) is 0 Å². The van der Waals surface area contributed by atoms with E-state index in [2.05, 4.69) is 11.8 Å². The van der Waals surface area contributed by atoms with Crippen LogP contribution in [0.4, 0.5) is 0 Å². The second kappa shape index (κ2) is 11.9. The second-order valence-corrected chi connectivity index (χ2v) is 4.92. The molecule has 102 valence electrons. The van der Waals surface area contributed by atoms with Gasteiger partial charge in [0.25, 0.3) is 0 Å². The Hall–Kier alpha value is -0.570. The summed E-state index contributed by atoms with van der Waals surface area (Å²) in [6.07, 6.45) is 10.9. The van der Waals surface area contributed by atoms with Crippen LogP contribution in [0.5, 0.6) is 0 Å². The third-order valence-corrected chi connectivity index (χ3v) is 3.10. The Morgan fingerprint density at radius 2 is 1.47 bits per heavy atom. The molecule has 0 saturated heterocycles. The molecule has 0 unspecified atom stereocenters. The quantitative estimate of drug-likeness (QED) is 0.533. The summed E-state index contributed by atoms with van der Waals surface area (Å²) in [5.41, 5.74) is 0. The lowest BCUT2D eigenvalue weighted by atomic mass is 10.1. The van der Waals surface area contributed by atoms with Crippen molar-refractivity contribution in [3.05, 3.63) is 0 Å². The monoisotopic (exact) mass is 243 g/mol. The maximum atomic E-state index is 10.4. The number of rotatable bonds is 12. The molecule has 0 saturated carbocycles. The molecule has 0 radical (unpaired) electrons. The summed E-state index contributed by atoms with van der Waals surface area (Å²) in [6.45, 7) is 3.95. The van der Waals surface area contributed by atoms with Crippen LogP contribution < -0.4 is 0 Å². The van der Waals surface area contributed by atoms with Gasteiger partial charge in [-0.1, -0.05) is 51.9 Å². The van der Waals surface area contributed by atoms with Gasteiger partial charge in [0.1, 0.15) is 0 Å². The van der Waals surface area contributed by atoms with Crippen LogP contribution in [0.3, 0.4) is 0 Å². The van der Waals surface area contributed by atoms with Crippen LogP contribution in [-0.4, -0.2) is 36.1 Å². The fourth-order valence-corrected chi connectivity index (χ4v) is 1.91. The van der Waals surface area contributed by atoms with E-state index >= 15 is 0 Å². The van der Waals surface area contributed by atoms with E-state index in [1.54, 1.807) is 0 Å². The number of carbonyl (C=O) groups is 1. The smallest absolute Gasteiger partial charge is 0.304 e. The van der Waals surface area contributed by atoms with Gasteiger partial charge in [-0.25, -0.2) is 0 Å². The Balaban J connectivity index is 3.13. The number of unbranched alkanes of at least 4 members (excludes halogenated alkanes) is 7. The molecule has 0 aliphatic rings. The van der Waals surface area contributed by atoms with E-state index in [0.717, 1.165) is 6.54 Å². The summed E-state index contributed by atoms with van der Waals surface area (Å²) in [5, 5.41) is 8.55. The van der Waals surface area contributed by atoms with Gasteiger partial charge in [-0.05, 0) is 20.0 Å². The molecule has 0 atom stereocenters. The highest BCUT2D eigenvalue weighted by molar-refractivity contribution is 5.66. The Morgan fingerprint density at radius 1 is 0.941 bits per heavy atom. The van der Waals surface area contributed by atoms with Gasteiger partial charge in [0.15, 0.2) is 0 Å². The SMILES string of the molecule is CCCCCCCCCCN(C)CCC(=O)O. The first kappa shape index (κ1) is 16.4. The standard InChI is InChI=1S/C14H29NO2/c1-3-4-5-6-7-8-9-10-12-15(2)13-11-14(16)17/h3-13H2,1-2H3,(H,16,17). The largest absolute Gasteiger partial charge is 0.481 e. The van der Waals surface area contributed by atoms with Crippen LogP contribution >= 0.6 is 0 Å². The van der Waals surface area contributed by atoms with Crippen LogP contribution in [-0.2, 0) is 4.79 Å². The van der Waals surface area contributed by atoms with Crippen LogP contribution in [0.25, 0.3) is 0 Å². The molecule has 0 bridgehead atoms. The summed E-state index contributed by atoms with van der Waals surface area (Å²) in [4.78, 5) is 12.5. The van der Waals surface area contributed by atoms with E-state index in [4.69, 9.17) is 5.11 Å². The molecular weight excluding hydrogens is 214 g/mol. The van der Waals surface area contributed by atoms with Gasteiger partial charge in [-0.3, -0.25) is 4.79 Å². The summed E-state index contributed by atoms with van der Waals surface area (Å²) >= 11 is 0. The molecule has 0 aromatic rings. The fourth-order valence-electron chi connectivity index (χ4n) is 1.91. The van der Waals surface area contributed by atoms with E-state index < -0.39 is 5.97 Å². The number of hydrogen-bond acceptors (Lipinski definition) is 2. The van der Waals surface area contributed by atoms with E-state index in [0.29, 0.717) is 6.54 Å². The highest BCUT2D eigenvalue weighted by Crippen LogP contribution is 2.08. The second-order valence-electron chi connectivity index (χ2n) is 4.92. The molecule has 17 heavy (non-hydrogen) atoms. The molecule has 3 nitrogen and oxygen atoms in total. The lowest BCUT2D eigenvalue weighted by Crippen LogP contribution is -2.22. The van der Waals surface area contributed by atoms with Gasteiger partial charge in [0.05, 0.1) is 6.42 Å². The van der Waals surface area contributed by atoms with E-state index in [-0.39, 0.29) is 6.42 Å². The minimum absolute atomic E-state index is 0.257. The van der Waals surface area contributed by atoms with Gasteiger partial charge < -0.3 is 10.0 Å². The molecule has 0 fully saturated rings. The van der Waals surface area contributed by atoms with Crippen molar-refractivity contribution in [1.82, 2.24) is 4.90 Å². The molecule has 0 spiro atoms. The predicted molar refractivity (Wildman–Crippen MR) is 72.4 cm³/mol. The van der Waals surface area contributed by atoms with Gasteiger partial charge >= 0.3 is 5.97 Å². The zero-order chi connectivity index (χ0) is 12.9. The lowest BCUT2D eigenvalue weighted by Gasteiger charge is -2.14. The minimum atomic E-state index is -0.701. The third kappa shape index (κ3) is 13.4. The minimum Gasteiger partial charge on any atom is -0.481 e. The van der Waals surface area contributed by atoms with E-state index in [9.17, 15) is 4.79 Å². The van der Waals surface area contributed by atoms with Crippen molar-refractivity contribution in [1.29, 1.82) is 0 Å². The van der Waals surface area contributed by atoms with Crippen molar-refractivity contribution in [3.63, 3.8) is 0 Å². The molecule has 0 rings (SSSR count). The van der Waals surface area contributed by atoms with Gasteiger partial charge in [-0.2, -0.15) is 0 Å². The summed E-state index contributed by atoms with van der Waals surface area (Å²) < 4.78 is 0. The first-order chi connectivity index (χ1) is 8.16. The third-order valence-electron chi connectivity index (χ3n) is 3.10. The van der Waals surface area contributed by atoms with Gasteiger partial charge in [-0.15, -0.1) is 0 Å². The summed E-state index contributed by atoms with van der Waals surface area (Å²) in [7, 11) is 2.00. The lowest BCUT2D eigenvalue weighted by molar-refractivity contribution is -0.137. The molecule has 0 heterocycles. The van der Waals surface area contributed by atoms with E-state index in [1.165, 1.54) is 51.4 Å². The molecular formula is C14H29NO2. The Kier molecular flexibility index (Phi) is 11.5. The highest BCUT2D eigenvalue weighted by Gasteiger charge is 2.01. The van der Waals surface area contributed by atoms with Crippen molar-refractivity contribution in [3.8, 4) is 0 Å². The molecule has 0 aromatic carbocycles. The number of carboxylic acids is 1. The molecule has 0 amide bonds. The summed E-state index contributed by atoms with van der Waals surface area (Å²) in [6, 6.07) is 0. The molecule has 0 aliphatic carbocycles. The average Bonchev–Trinajstić information content (AvgIpc) is 2.30. The Bertz CT molecular complexity index is 183. The predicted octanol–water partition coefficient (Wildman–Crippen LogP) is 3.53. The van der Waals surface area contributed by atoms with Crippen molar-refractivity contribution in [2.75, 3.05) is 20.1 Å². The molecule has 1 N–H and O–H groups in total. The van der Waals surface area contributed by atoms with Crippen LogP contribution in [0.2, 0.25) is 0 Å².